The van der Waals surface area contributed by atoms with Gasteiger partial charge in [-0.3, -0.25) is 0 Å². The molecular formula is C17H28F2IN3O3. The lowest BCUT2D eigenvalue weighted by Crippen LogP contribution is -2.38. The summed E-state index contributed by atoms with van der Waals surface area (Å²) in [4.78, 5) is 4.41. The molecule has 9 heteroatoms. The predicted octanol–water partition coefficient (Wildman–Crippen LogP) is 3.01. The highest BCUT2D eigenvalue weighted by Crippen LogP contribution is 2.20. The quantitative estimate of drug-likeness (QED) is 0.206. The van der Waals surface area contributed by atoms with Crippen molar-refractivity contribution in [3.63, 3.8) is 0 Å². The Morgan fingerprint density at radius 2 is 1.92 bits per heavy atom. The first kappa shape index (κ1) is 24.8. The number of alkyl halides is 2. The summed E-state index contributed by atoms with van der Waals surface area (Å²) in [6.07, 6.45) is 0.819. The zero-order chi connectivity index (χ0) is 18.3. The summed E-state index contributed by atoms with van der Waals surface area (Å²) in [5, 5.41) is 6.29. The van der Waals surface area contributed by atoms with Crippen LogP contribution < -0.4 is 15.4 Å². The second-order valence-corrected chi connectivity index (χ2v) is 5.07. The van der Waals surface area contributed by atoms with Crippen LogP contribution in [0.5, 0.6) is 5.75 Å². The van der Waals surface area contributed by atoms with Crippen molar-refractivity contribution in [3.8, 4) is 5.75 Å². The van der Waals surface area contributed by atoms with Crippen LogP contribution in [-0.2, 0) is 16.0 Å². The summed E-state index contributed by atoms with van der Waals surface area (Å²) in [5.41, 5.74) is 0.600. The van der Waals surface area contributed by atoms with E-state index in [2.05, 4.69) is 20.4 Å². The number of nitrogens with one attached hydrogen (secondary N) is 2. The van der Waals surface area contributed by atoms with Crippen molar-refractivity contribution in [3.05, 3.63) is 29.8 Å². The molecule has 0 amide bonds. The van der Waals surface area contributed by atoms with Crippen molar-refractivity contribution in [2.75, 3.05) is 40.0 Å². The first-order chi connectivity index (χ1) is 12.2. The molecule has 0 aliphatic heterocycles. The van der Waals surface area contributed by atoms with E-state index in [0.717, 1.165) is 6.42 Å². The Balaban J connectivity index is 0.00000625. The molecule has 0 saturated carbocycles. The number of para-hydroxylation sites is 1. The molecule has 0 aromatic heterocycles. The summed E-state index contributed by atoms with van der Waals surface area (Å²) < 4.78 is 39.7. The average molecular weight is 487 g/mol. The second-order valence-electron chi connectivity index (χ2n) is 5.07. The molecule has 0 saturated heterocycles. The molecular weight excluding hydrogens is 459 g/mol. The highest BCUT2D eigenvalue weighted by molar-refractivity contribution is 14.0. The van der Waals surface area contributed by atoms with Crippen LogP contribution in [0.2, 0.25) is 0 Å². The number of methoxy groups -OCH3 is 1. The number of hydrogen-bond acceptors (Lipinski definition) is 4. The number of aliphatic imine (C=N–C) groups is 1. The first-order valence-corrected chi connectivity index (χ1v) is 8.29. The van der Waals surface area contributed by atoms with Gasteiger partial charge in [0.15, 0.2) is 5.96 Å². The van der Waals surface area contributed by atoms with Crippen LogP contribution in [0.3, 0.4) is 0 Å². The SMILES string of the molecule is CCNC(=NCc1ccccc1OC(F)F)NCCCOCCOC.I. The first-order valence-electron chi connectivity index (χ1n) is 8.29. The minimum atomic E-state index is -2.85. The molecule has 0 heterocycles. The molecule has 0 unspecified atom stereocenters. The maximum absolute atomic E-state index is 12.4. The van der Waals surface area contributed by atoms with Gasteiger partial charge in [-0.2, -0.15) is 8.78 Å². The Hall–Kier alpha value is -1.20. The van der Waals surface area contributed by atoms with Gasteiger partial charge in [0.05, 0.1) is 19.8 Å². The normalized spacial score (nSPS) is 11.2. The smallest absolute Gasteiger partial charge is 0.387 e. The monoisotopic (exact) mass is 487 g/mol. The van der Waals surface area contributed by atoms with Crippen LogP contribution in [0.15, 0.2) is 29.3 Å². The van der Waals surface area contributed by atoms with Gasteiger partial charge in [0, 0.05) is 32.4 Å². The Kier molecular flexibility index (Phi) is 15.3. The molecule has 2 N–H and O–H groups in total. The maximum Gasteiger partial charge on any atom is 0.387 e. The van der Waals surface area contributed by atoms with E-state index in [4.69, 9.17) is 9.47 Å². The summed E-state index contributed by atoms with van der Waals surface area (Å²) in [7, 11) is 1.63. The molecule has 1 rings (SSSR count). The lowest BCUT2D eigenvalue weighted by atomic mass is 10.2. The van der Waals surface area contributed by atoms with Gasteiger partial charge < -0.3 is 24.8 Å². The Morgan fingerprint density at radius 1 is 1.15 bits per heavy atom. The second kappa shape index (κ2) is 16.0. The van der Waals surface area contributed by atoms with E-state index in [1.165, 1.54) is 6.07 Å². The van der Waals surface area contributed by atoms with Crippen molar-refractivity contribution < 1.29 is 23.0 Å². The number of ether oxygens (including phenoxy) is 3. The van der Waals surface area contributed by atoms with Gasteiger partial charge in [-0.1, -0.05) is 18.2 Å². The molecule has 0 aliphatic rings. The summed E-state index contributed by atoms with van der Waals surface area (Å²) in [6.45, 7) is 2.51. The lowest BCUT2D eigenvalue weighted by molar-refractivity contribution is -0.0504. The van der Waals surface area contributed by atoms with E-state index in [1.54, 1.807) is 25.3 Å². The van der Waals surface area contributed by atoms with Crippen LogP contribution in [0.1, 0.15) is 18.9 Å². The maximum atomic E-state index is 12.4. The van der Waals surface area contributed by atoms with Crippen LogP contribution >= 0.6 is 24.0 Å². The topological polar surface area (TPSA) is 64.1 Å². The van der Waals surface area contributed by atoms with E-state index in [9.17, 15) is 8.78 Å². The molecule has 1 aromatic carbocycles. The number of rotatable bonds is 12. The van der Waals surface area contributed by atoms with Gasteiger partial charge in [0.2, 0.25) is 0 Å². The minimum absolute atomic E-state index is 0. The third-order valence-electron chi connectivity index (χ3n) is 3.13. The molecule has 0 spiro atoms. The number of halogens is 3. The van der Waals surface area contributed by atoms with Gasteiger partial charge >= 0.3 is 6.61 Å². The standard InChI is InChI=1S/C17H27F2N3O3.HI/c1-3-20-17(21-9-6-10-24-12-11-23-2)22-13-14-7-4-5-8-15(14)25-16(18)19;/h4-5,7-8,16H,3,6,9-13H2,1-2H3,(H2,20,21,22);1H. The van der Waals surface area contributed by atoms with E-state index in [-0.39, 0.29) is 36.3 Å². The summed E-state index contributed by atoms with van der Waals surface area (Å²) in [5.74, 6) is 0.759. The van der Waals surface area contributed by atoms with Crippen molar-refractivity contribution in [1.29, 1.82) is 0 Å². The average Bonchev–Trinajstić information content (AvgIpc) is 2.59. The molecule has 0 radical (unpaired) electrons. The fourth-order valence-corrected chi connectivity index (χ4v) is 1.98. The molecule has 0 bridgehead atoms. The fraction of sp³-hybridized carbons (Fsp3) is 0.588. The van der Waals surface area contributed by atoms with E-state index in [1.807, 2.05) is 6.92 Å². The fourth-order valence-electron chi connectivity index (χ4n) is 1.98. The molecule has 0 aliphatic carbocycles. The molecule has 6 nitrogen and oxygen atoms in total. The zero-order valence-electron chi connectivity index (χ0n) is 15.2. The highest BCUT2D eigenvalue weighted by atomic mass is 127. The largest absolute Gasteiger partial charge is 0.434 e. The Morgan fingerprint density at radius 3 is 2.62 bits per heavy atom. The molecule has 150 valence electrons. The van der Waals surface area contributed by atoms with Crippen LogP contribution in [0, 0.1) is 0 Å². The molecule has 1 aromatic rings. The summed E-state index contributed by atoms with van der Waals surface area (Å²) in [6, 6.07) is 6.64. The molecule has 26 heavy (non-hydrogen) atoms. The number of nitrogens with zero attached hydrogens (tertiary/aromatic N) is 1. The highest BCUT2D eigenvalue weighted by Gasteiger charge is 2.08. The number of hydrogen-bond donors (Lipinski definition) is 2. The third kappa shape index (κ3) is 11.4. The Labute approximate surface area is 170 Å². The lowest BCUT2D eigenvalue weighted by Gasteiger charge is -2.13. The van der Waals surface area contributed by atoms with E-state index < -0.39 is 6.61 Å². The van der Waals surface area contributed by atoms with E-state index >= 15 is 0 Å². The molecule has 0 fully saturated rings. The predicted molar refractivity (Wildman–Crippen MR) is 109 cm³/mol. The van der Waals surface area contributed by atoms with Crippen molar-refractivity contribution in [2.24, 2.45) is 4.99 Å². The Bertz CT molecular complexity index is 508. The van der Waals surface area contributed by atoms with Gasteiger partial charge in [-0.25, -0.2) is 4.99 Å². The van der Waals surface area contributed by atoms with Crippen molar-refractivity contribution >= 4 is 29.9 Å². The van der Waals surface area contributed by atoms with Gasteiger partial charge in [0.1, 0.15) is 5.75 Å². The van der Waals surface area contributed by atoms with Crippen molar-refractivity contribution in [1.82, 2.24) is 10.6 Å². The van der Waals surface area contributed by atoms with Crippen molar-refractivity contribution in [2.45, 2.75) is 26.5 Å². The molecule has 0 atom stereocenters. The van der Waals surface area contributed by atoms with Crippen LogP contribution in [-0.4, -0.2) is 52.6 Å². The van der Waals surface area contributed by atoms with Crippen LogP contribution in [0.4, 0.5) is 8.78 Å². The van der Waals surface area contributed by atoms with Gasteiger partial charge in [-0.05, 0) is 19.4 Å². The minimum Gasteiger partial charge on any atom is -0.434 e. The van der Waals surface area contributed by atoms with Gasteiger partial charge in [-0.15, -0.1) is 24.0 Å². The number of benzene rings is 1. The third-order valence-corrected chi connectivity index (χ3v) is 3.13. The zero-order valence-corrected chi connectivity index (χ0v) is 17.5. The van der Waals surface area contributed by atoms with Gasteiger partial charge in [0.25, 0.3) is 0 Å². The van der Waals surface area contributed by atoms with E-state index in [0.29, 0.717) is 44.4 Å². The summed E-state index contributed by atoms with van der Waals surface area (Å²) >= 11 is 0. The van der Waals surface area contributed by atoms with Crippen LogP contribution in [0.25, 0.3) is 0 Å². The number of guanidine groups is 1.